The largest absolute Gasteiger partial charge is 0.369 e. The molecular weight excluding hydrogens is 311 g/mol. The van der Waals surface area contributed by atoms with Gasteiger partial charge in [-0.05, 0) is 48.4 Å². The van der Waals surface area contributed by atoms with Crippen LogP contribution in [0.15, 0.2) is 48.5 Å². The molecule has 0 unspecified atom stereocenters. The van der Waals surface area contributed by atoms with E-state index in [-0.39, 0.29) is 5.82 Å². The normalized spacial score (nSPS) is 24.7. The van der Waals surface area contributed by atoms with Crippen molar-refractivity contribution in [2.75, 3.05) is 31.1 Å². The van der Waals surface area contributed by atoms with Gasteiger partial charge >= 0.3 is 0 Å². The number of benzene rings is 2. The van der Waals surface area contributed by atoms with Crippen LogP contribution in [0, 0.1) is 5.82 Å². The van der Waals surface area contributed by atoms with Crippen molar-refractivity contribution < 1.29 is 4.39 Å². The standard InChI is InChI=1S/C19H20ClFN2/c20-15-3-7-17(8-4-15)22-9-11-23(12-10-22)19-13-18(19)14-1-5-16(21)6-2-14/h1-8,18-19H,9-13H2/t18-,19+/m1/s1. The van der Waals surface area contributed by atoms with Crippen molar-refractivity contribution in [3.63, 3.8) is 0 Å². The molecule has 1 saturated carbocycles. The number of nitrogens with zero attached hydrogens (tertiary/aromatic N) is 2. The monoisotopic (exact) mass is 330 g/mol. The molecule has 0 spiro atoms. The summed E-state index contributed by atoms with van der Waals surface area (Å²) in [5.74, 6) is 0.431. The second-order valence-electron chi connectivity index (χ2n) is 6.46. The van der Waals surface area contributed by atoms with Crippen molar-refractivity contribution in [1.29, 1.82) is 0 Å². The molecule has 2 aromatic carbocycles. The Kier molecular flexibility index (Phi) is 4.00. The second kappa shape index (κ2) is 6.14. The SMILES string of the molecule is Fc1ccc([C@H]2C[C@@H]2N2CCN(c3ccc(Cl)cc3)CC2)cc1. The van der Waals surface area contributed by atoms with Gasteiger partial charge in [-0.25, -0.2) is 4.39 Å². The Morgan fingerprint density at radius 3 is 2.17 bits per heavy atom. The summed E-state index contributed by atoms with van der Waals surface area (Å²) in [6, 6.07) is 15.7. The van der Waals surface area contributed by atoms with Gasteiger partial charge in [-0.3, -0.25) is 4.90 Å². The van der Waals surface area contributed by atoms with Crippen molar-refractivity contribution in [3.8, 4) is 0 Å². The highest BCUT2D eigenvalue weighted by Gasteiger charge is 2.43. The topological polar surface area (TPSA) is 6.48 Å². The van der Waals surface area contributed by atoms with Gasteiger partial charge in [0.25, 0.3) is 0 Å². The molecule has 1 aliphatic carbocycles. The lowest BCUT2D eigenvalue weighted by molar-refractivity contribution is 0.244. The fourth-order valence-electron chi connectivity index (χ4n) is 3.62. The van der Waals surface area contributed by atoms with Crippen molar-refractivity contribution in [1.82, 2.24) is 4.90 Å². The molecule has 2 aliphatic rings. The minimum atomic E-state index is -0.150. The lowest BCUT2D eigenvalue weighted by Crippen LogP contribution is -2.47. The zero-order valence-corrected chi connectivity index (χ0v) is 13.7. The van der Waals surface area contributed by atoms with Gasteiger partial charge in [0.15, 0.2) is 0 Å². The third-order valence-corrected chi connectivity index (χ3v) is 5.28. The van der Waals surface area contributed by atoms with E-state index in [1.54, 1.807) is 12.1 Å². The molecule has 1 saturated heterocycles. The zero-order valence-electron chi connectivity index (χ0n) is 13.0. The molecule has 4 rings (SSSR count). The fourth-order valence-corrected chi connectivity index (χ4v) is 3.74. The van der Waals surface area contributed by atoms with Crippen LogP contribution in [0.3, 0.4) is 0 Å². The van der Waals surface area contributed by atoms with E-state index >= 15 is 0 Å². The average molecular weight is 331 g/mol. The smallest absolute Gasteiger partial charge is 0.123 e. The Balaban J connectivity index is 1.34. The van der Waals surface area contributed by atoms with E-state index in [4.69, 9.17) is 11.6 Å². The number of hydrogen-bond donors (Lipinski definition) is 0. The van der Waals surface area contributed by atoms with Crippen LogP contribution in [0.2, 0.25) is 5.02 Å². The van der Waals surface area contributed by atoms with Gasteiger partial charge in [-0.2, -0.15) is 0 Å². The van der Waals surface area contributed by atoms with Gasteiger partial charge < -0.3 is 4.90 Å². The third-order valence-electron chi connectivity index (χ3n) is 5.03. The number of halogens is 2. The summed E-state index contributed by atoms with van der Waals surface area (Å²) in [4.78, 5) is 5.00. The lowest BCUT2D eigenvalue weighted by Gasteiger charge is -2.36. The van der Waals surface area contributed by atoms with Gasteiger partial charge in [0.05, 0.1) is 0 Å². The van der Waals surface area contributed by atoms with Crippen LogP contribution in [-0.4, -0.2) is 37.1 Å². The molecule has 4 heteroatoms. The van der Waals surface area contributed by atoms with Crippen molar-refractivity contribution in [2.45, 2.75) is 18.4 Å². The first-order valence-corrected chi connectivity index (χ1v) is 8.58. The zero-order chi connectivity index (χ0) is 15.8. The van der Waals surface area contributed by atoms with Crippen molar-refractivity contribution >= 4 is 17.3 Å². The van der Waals surface area contributed by atoms with Crippen LogP contribution in [0.25, 0.3) is 0 Å². The molecule has 0 bridgehead atoms. The molecular formula is C19H20ClFN2. The van der Waals surface area contributed by atoms with Gasteiger partial charge in [0, 0.05) is 48.8 Å². The molecule has 0 aromatic heterocycles. The molecule has 0 amide bonds. The number of anilines is 1. The van der Waals surface area contributed by atoms with E-state index in [1.807, 2.05) is 24.3 Å². The molecule has 23 heavy (non-hydrogen) atoms. The Morgan fingerprint density at radius 2 is 1.52 bits per heavy atom. The predicted octanol–water partition coefficient (Wildman–Crippen LogP) is 4.16. The van der Waals surface area contributed by atoms with Gasteiger partial charge in [0.2, 0.25) is 0 Å². The van der Waals surface area contributed by atoms with Gasteiger partial charge in [-0.1, -0.05) is 23.7 Å². The van der Waals surface area contributed by atoms with E-state index in [0.717, 1.165) is 31.2 Å². The van der Waals surface area contributed by atoms with Crippen LogP contribution in [0.5, 0.6) is 0 Å². The Morgan fingerprint density at radius 1 is 0.870 bits per heavy atom. The third kappa shape index (κ3) is 3.22. The van der Waals surface area contributed by atoms with Gasteiger partial charge in [0.1, 0.15) is 5.82 Å². The number of piperazine rings is 1. The Hall–Kier alpha value is -1.58. The average Bonchev–Trinajstić information content (AvgIpc) is 3.37. The summed E-state index contributed by atoms with van der Waals surface area (Å²) in [5.41, 5.74) is 2.52. The summed E-state index contributed by atoms with van der Waals surface area (Å²) in [6.45, 7) is 4.28. The Bertz CT molecular complexity index is 663. The van der Waals surface area contributed by atoms with E-state index in [0.29, 0.717) is 12.0 Å². The molecule has 0 N–H and O–H groups in total. The van der Waals surface area contributed by atoms with Crippen LogP contribution in [0.1, 0.15) is 17.9 Å². The first kappa shape index (κ1) is 15.0. The molecule has 2 aromatic rings. The van der Waals surface area contributed by atoms with E-state index < -0.39 is 0 Å². The molecule has 0 radical (unpaired) electrons. The first-order valence-electron chi connectivity index (χ1n) is 8.21. The summed E-state index contributed by atoms with van der Waals surface area (Å²) >= 11 is 5.96. The maximum Gasteiger partial charge on any atom is 0.123 e. The fraction of sp³-hybridized carbons (Fsp3) is 0.368. The minimum absolute atomic E-state index is 0.150. The van der Waals surface area contributed by atoms with Crippen LogP contribution >= 0.6 is 11.6 Å². The van der Waals surface area contributed by atoms with E-state index in [2.05, 4.69) is 21.9 Å². The number of hydrogen-bond acceptors (Lipinski definition) is 2. The quantitative estimate of drug-likeness (QED) is 0.834. The molecule has 2 nitrogen and oxygen atoms in total. The van der Waals surface area contributed by atoms with Crippen LogP contribution in [0.4, 0.5) is 10.1 Å². The first-order chi connectivity index (χ1) is 11.2. The van der Waals surface area contributed by atoms with Crippen molar-refractivity contribution in [3.05, 3.63) is 64.9 Å². The summed E-state index contributed by atoms with van der Waals surface area (Å²) in [7, 11) is 0. The van der Waals surface area contributed by atoms with E-state index in [1.165, 1.54) is 17.7 Å². The summed E-state index contributed by atoms with van der Waals surface area (Å²) < 4.78 is 13.0. The highest BCUT2D eigenvalue weighted by molar-refractivity contribution is 6.30. The van der Waals surface area contributed by atoms with Crippen molar-refractivity contribution in [2.24, 2.45) is 0 Å². The van der Waals surface area contributed by atoms with Crippen LogP contribution in [-0.2, 0) is 0 Å². The predicted molar refractivity (Wildman–Crippen MR) is 92.8 cm³/mol. The summed E-state index contributed by atoms with van der Waals surface area (Å²) in [5, 5.41) is 0.785. The van der Waals surface area contributed by atoms with Gasteiger partial charge in [-0.15, -0.1) is 0 Å². The maximum atomic E-state index is 13.0. The second-order valence-corrected chi connectivity index (χ2v) is 6.90. The molecule has 2 fully saturated rings. The molecule has 1 aliphatic heterocycles. The summed E-state index contributed by atoms with van der Waals surface area (Å²) in [6.07, 6.45) is 1.20. The van der Waals surface area contributed by atoms with E-state index in [9.17, 15) is 4.39 Å². The molecule has 2 atom stereocenters. The lowest BCUT2D eigenvalue weighted by atomic mass is 10.1. The highest BCUT2D eigenvalue weighted by Crippen LogP contribution is 2.45. The maximum absolute atomic E-state index is 13.0. The Labute approximate surface area is 141 Å². The van der Waals surface area contributed by atoms with Crippen LogP contribution < -0.4 is 4.90 Å². The molecule has 120 valence electrons. The molecule has 1 heterocycles. The minimum Gasteiger partial charge on any atom is -0.369 e. The highest BCUT2D eigenvalue weighted by atomic mass is 35.5. The number of rotatable bonds is 3.